The quantitative estimate of drug-likeness (QED) is 0.808. The van der Waals surface area contributed by atoms with Crippen LogP contribution < -0.4 is 5.32 Å². The number of piperidine rings is 1. The summed E-state index contributed by atoms with van der Waals surface area (Å²) in [6.07, 6.45) is 3.17. The van der Waals surface area contributed by atoms with Crippen LogP contribution in [-0.4, -0.2) is 21.9 Å². The van der Waals surface area contributed by atoms with E-state index in [1.165, 1.54) is 5.56 Å². The lowest BCUT2D eigenvalue weighted by molar-refractivity contribution is -0.120. The molecule has 4 nitrogen and oxygen atoms in total. The molecule has 0 bridgehead atoms. The predicted octanol–water partition coefficient (Wildman–Crippen LogP) is 1.64. The Hall–Kier alpha value is -1.68. The van der Waals surface area contributed by atoms with Gasteiger partial charge in [-0.3, -0.25) is 4.79 Å². The number of pyridine rings is 1. The molecule has 1 atom stereocenters. The van der Waals surface area contributed by atoms with Gasteiger partial charge in [0.15, 0.2) is 0 Å². The average molecular weight is 229 g/mol. The first-order valence-corrected chi connectivity index (χ1v) is 5.94. The van der Waals surface area contributed by atoms with Crippen molar-refractivity contribution in [3.8, 4) is 0 Å². The summed E-state index contributed by atoms with van der Waals surface area (Å²) in [6, 6.07) is 6.14. The highest BCUT2D eigenvalue weighted by Gasteiger charge is 2.24. The Kier molecular flexibility index (Phi) is 2.44. The highest BCUT2D eigenvalue weighted by Crippen LogP contribution is 2.27. The van der Waals surface area contributed by atoms with Crippen molar-refractivity contribution < 1.29 is 4.79 Å². The molecular formula is C13H15N3O. The Balaban J connectivity index is 2.09. The Morgan fingerprint density at radius 2 is 2.35 bits per heavy atom. The van der Waals surface area contributed by atoms with Crippen LogP contribution in [0, 0.1) is 6.92 Å². The van der Waals surface area contributed by atoms with Crippen molar-refractivity contribution in [1.29, 1.82) is 0 Å². The standard InChI is InChI=1S/C13H15N3O/c1-9-13(11-8-10(17)5-6-14-11)12-4-2-3-7-16(12)15-9/h2-4,7,11,14H,5-6,8H2,1H3. The molecule has 1 unspecified atom stereocenters. The van der Waals surface area contributed by atoms with Gasteiger partial charge in [-0.1, -0.05) is 6.07 Å². The number of nitrogens with one attached hydrogen (secondary N) is 1. The van der Waals surface area contributed by atoms with Crippen molar-refractivity contribution in [2.45, 2.75) is 25.8 Å². The second kappa shape index (κ2) is 3.96. The first kappa shape index (κ1) is 10.5. The minimum atomic E-state index is 0.121. The monoisotopic (exact) mass is 229 g/mol. The molecule has 0 spiro atoms. The van der Waals surface area contributed by atoms with Crippen molar-refractivity contribution in [2.24, 2.45) is 0 Å². The van der Waals surface area contributed by atoms with E-state index in [1.807, 2.05) is 29.8 Å². The van der Waals surface area contributed by atoms with Gasteiger partial charge in [0.1, 0.15) is 5.78 Å². The van der Waals surface area contributed by atoms with E-state index < -0.39 is 0 Å². The topological polar surface area (TPSA) is 46.4 Å². The van der Waals surface area contributed by atoms with Gasteiger partial charge >= 0.3 is 0 Å². The Bertz CT molecular complexity index is 573. The number of aryl methyl sites for hydroxylation is 1. The summed E-state index contributed by atoms with van der Waals surface area (Å²) in [5.74, 6) is 0.337. The molecule has 1 fully saturated rings. The molecule has 1 aliphatic heterocycles. The lowest BCUT2D eigenvalue weighted by Gasteiger charge is -2.22. The number of aromatic nitrogens is 2. The van der Waals surface area contributed by atoms with E-state index in [0.717, 1.165) is 17.8 Å². The molecule has 1 N–H and O–H groups in total. The van der Waals surface area contributed by atoms with Crippen LogP contribution in [0.3, 0.4) is 0 Å². The zero-order chi connectivity index (χ0) is 11.8. The van der Waals surface area contributed by atoms with Crippen molar-refractivity contribution in [3.05, 3.63) is 35.7 Å². The van der Waals surface area contributed by atoms with E-state index in [4.69, 9.17) is 0 Å². The molecule has 0 aliphatic carbocycles. The average Bonchev–Trinajstić information content (AvgIpc) is 2.64. The van der Waals surface area contributed by atoms with Crippen molar-refractivity contribution in [2.75, 3.05) is 6.54 Å². The van der Waals surface area contributed by atoms with Crippen molar-refractivity contribution in [3.63, 3.8) is 0 Å². The summed E-state index contributed by atoms with van der Waals surface area (Å²) in [4.78, 5) is 11.5. The van der Waals surface area contributed by atoms with Crippen molar-refractivity contribution >= 4 is 11.3 Å². The van der Waals surface area contributed by atoms with Crippen LogP contribution in [0.1, 0.15) is 30.1 Å². The lowest BCUT2D eigenvalue weighted by Crippen LogP contribution is -2.32. The number of hydrogen-bond donors (Lipinski definition) is 1. The molecule has 0 saturated carbocycles. The molecule has 3 rings (SSSR count). The van der Waals surface area contributed by atoms with E-state index in [2.05, 4.69) is 16.5 Å². The van der Waals surface area contributed by atoms with Crippen molar-refractivity contribution in [1.82, 2.24) is 14.9 Å². The number of fused-ring (bicyclic) bond motifs is 1. The molecule has 17 heavy (non-hydrogen) atoms. The molecule has 1 aliphatic rings. The number of rotatable bonds is 1. The minimum absolute atomic E-state index is 0.121. The Morgan fingerprint density at radius 3 is 3.18 bits per heavy atom. The van der Waals surface area contributed by atoms with Gasteiger partial charge in [-0.05, 0) is 19.1 Å². The second-order valence-electron chi connectivity index (χ2n) is 4.53. The molecule has 3 heterocycles. The fourth-order valence-corrected chi connectivity index (χ4v) is 2.56. The van der Waals surface area contributed by atoms with Gasteiger partial charge in [0.25, 0.3) is 0 Å². The first-order valence-electron chi connectivity index (χ1n) is 5.94. The SMILES string of the molecule is Cc1nn2ccccc2c1C1CC(=O)CCN1. The maximum absolute atomic E-state index is 11.5. The normalized spacial score (nSPS) is 21.0. The summed E-state index contributed by atoms with van der Waals surface area (Å²) in [5, 5.41) is 7.89. The summed E-state index contributed by atoms with van der Waals surface area (Å²) in [7, 11) is 0. The number of Topliss-reactive ketones (excluding diaryl/α,β-unsaturated/α-hetero) is 1. The van der Waals surface area contributed by atoms with Gasteiger partial charge < -0.3 is 5.32 Å². The molecule has 2 aromatic heterocycles. The van der Waals surface area contributed by atoms with Gasteiger partial charge in [-0.15, -0.1) is 0 Å². The molecule has 4 heteroatoms. The van der Waals surface area contributed by atoms with Crippen LogP contribution in [0.15, 0.2) is 24.4 Å². The van der Waals surface area contributed by atoms with E-state index >= 15 is 0 Å². The molecule has 88 valence electrons. The fraction of sp³-hybridized carbons (Fsp3) is 0.385. The highest BCUT2D eigenvalue weighted by molar-refractivity contribution is 5.81. The van der Waals surface area contributed by atoms with Gasteiger partial charge in [0.05, 0.1) is 11.2 Å². The minimum Gasteiger partial charge on any atom is -0.309 e. The number of ketones is 1. The predicted molar refractivity (Wildman–Crippen MR) is 64.9 cm³/mol. The van der Waals surface area contributed by atoms with E-state index in [9.17, 15) is 4.79 Å². The van der Waals surface area contributed by atoms with Gasteiger partial charge in [0, 0.05) is 37.2 Å². The number of nitrogens with zero attached hydrogens (tertiary/aromatic N) is 2. The maximum atomic E-state index is 11.5. The largest absolute Gasteiger partial charge is 0.309 e. The second-order valence-corrected chi connectivity index (χ2v) is 4.53. The Labute approximate surface area is 99.6 Å². The van der Waals surface area contributed by atoms with Gasteiger partial charge in [0.2, 0.25) is 0 Å². The summed E-state index contributed by atoms with van der Waals surface area (Å²) >= 11 is 0. The van der Waals surface area contributed by atoms with Gasteiger partial charge in [-0.2, -0.15) is 5.10 Å². The van der Waals surface area contributed by atoms with Gasteiger partial charge in [-0.25, -0.2) is 4.52 Å². The molecule has 0 amide bonds. The van der Waals surface area contributed by atoms with E-state index in [-0.39, 0.29) is 6.04 Å². The smallest absolute Gasteiger partial charge is 0.136 e. The van der Waals surface area contributed by atoms with Crippen LogP contribution in [0.5, 0.6) is 0 Å². The molecule has 1 saturated heterocycles. The first-order chi connectivity index (χ1) is 8.25. The van der Waals surface area contributed by atoms with Crippen LogP contribution in [0.2, 0.25) is 0 Å². The number of carbonyl (C=O) groups is 1. The summed E-state index contributed by atoms with van der Waals surface area (Å²) < 4.78 is 1.88. The maximum Gasteiger partial charge on any atom is 0.136 e. The van der Waals surface area contributed by atoms with Crippen LogP contribution in [-0.2, 0) is 4.79 Å². The van der Waals surface area contributed by atoms with Crippen LogP contribution in [0.25, 0.3) is 5.52 Å². The van der Waals surface area contributed by atoms with E-state index in [0.29, 0.717) is 18.6 Å². The summed E-state index contributed by atoms with van der Waals surface area (Å²) in [6.45, 7) is 2.77. The number of hydrogen-bond acceptors (Lipinski definition) is 3. The zero-order valence-corrected chi connectivity index (χ0v) is 9.81. The van der Waals surface area contributed by atoms with Crippen LogP contribution >= 0.6 is 0 Å². The zero-order valence-electron chi connectivity index (χ0n) is 9.81. The third-order valence-electron chi connectivity index (χ3n) is 3.34. The molecule has 0 aromatic carbocycles. The number of carbonyl (C=O) groups excluding carboxylic acids is 1. The van der Waals surface area contributed by atoms with E-state index in [1.54, 1.807) is 0 Å². The fourth-order valence-electron chi connectivity index (χ4n) is 2.56. The molecule has 0 radical (unpaired) electrons. The molecular weight excluding hydrogens is 214 g/mol. The third kappa shape index (κ3) is 1.74. The highest BCUT2D eigenvalue weighted by atomic mass is 16.1. The third-order valence-corrected chi connectivity index (χ3v) is 3.34. The van der Waals surface area contributed by atoms with Crippen LogP contribution in [0.4, 0.5) is 0 Å². The Morgan fingerprint density at radius 1 is 1.47 bits per heavy atom. The lowest BCUT2D eigenvalue weighted by atomic mass is 9.96. The summed E-state index contributed by atoms with van der Waals surface area (Å²) in [5.41, 5.74) is 3.26. The molecule has 2 aromatic rings.